The van der Waals surface area contributed by atoms with Gasteiger partial charge < -0.3 is 18.6 Å². The van der Waals surface area contributed by atoms with E-state index in [1.807, 2.05) is 18.2 Å². The van der Waals surface area contributed by atoms with E-state index in [2.05, 4.69) is 66.8 Å². The highest BCUT2D eigenvalue weighted by Gasteiger charge is 2.61. The van der Waals surface area contributed by atoms with Crippen molar-refractivity contribution in [1.82, 2.24) is 0 Å². The van der Waals surface area contributed by atoms with Crippen LogP contribution in [0, 0.1) is 34.5 Å². The van der Waals surface area contributed by atoms with Crippen LogP contribution in [-0.2, 0) is 28.5 Å². The maximum Gasteiger partial charge on any atom is 0.192 e. The third kappa shape index (κ3) is 6.91. The predicted octanol–water partition coefficient (Wildman–Crippen LogP) is 8.60. The fourth-order valence-corrected chi connectivity index (χ4v) is 12.5. The van der Waals surface area contributed by atoms with Crippen molar-refractivity contribution in [3.05, 3.63) is 53.6 Å². The van der Waals surface area contributed by atoms with E-state index in [9.17, 15) is 8.42 Å². The number of fused-ring (bicyclic) bond motifs is 5. The average molecular weight is 673 g/mol. The summed E-state index contributed by atoms with van der Waals surface area (Å²) in [4.78, 5) is 0.424. The van der Waals surface area contributed by atoms with Crippen LogP contribution in [0.4, 0.5) is 0 Å². The van der Waals surface area contributed by atoms with Gasteiger partial charge in [0.15, 0.2) is 18.2 Å². The van der Waals surface area contributed by atoms with E-state index in [4.69, 9.17) is 18.6 Å². The zero-order valence-electron chi connectivity index (χ0n) is 29.9. The molecule has 8 atom stereocenters. The molecule has 3 fully saturated rings. The summed E-state index contributed by atoms with van der Waals surface area (Å²) in [6.07, 6.45) is 11.3. The van der Waals surface area contributed by atoms with Gasteiger partial charge in [0.05, 0.1) is 30.0 Å². The Balaban J connectivity index is 1.42. The zero-order chi connectivity index (χ0) is 33.5. The van der Waals surface area contributed by atoms with Crippen molar-refractivity contribution < 1.29 is 27.1 Å². The van der Waals surface area contributed by atoms with E-state index in [1.165, 1.54) is 11.1 Å². The third-order valence-corrected chi connectivity index (χ3v) is 19.3. The Bertz CT molecular complexity index is 1380. The van der Waals surface area contributed by atoms with Gasteiger partial charge in [-0.25, -0.2) is 8.42 Å². The summed E-state index contributed by atoms with van der Waals surface area (Å²) in [6, 6.07) is 8.95. The first-order valence-corrected chi connectivity index (χ1v) is 22.1. The van der Waals surface area contributed by atoms with Crippen LogP contribution in [0.15, 0.2) is 58.5 Å². The summed E-state index contributed by atoms with van der Waals surface area (Å²) in [5.74, 6) is 1.23. The monoisotopic (exact) mass is 672 g/mol. The Labute approximate surface area is 280 Å². The summed E-state index contributed by atoms with van der Waals surface area (Å²) in [5, 5.41) is 0.188. The molecule has 1 aromatic carbocycles. The van der Waals surface area contributed by atoms with E-state index >= 15 is 0 Å². The molecule has 0 spiro atoms. The second-order valence-electron chi connectivity index (χ2n) is 16.7. The van der Waals surface area contributed by atoms with Crippen molar-refractivity contribution in [2.45, 2.75) is 115 Å². The Morgan fingerprint density at radius 3 is 2.41 bits per heavy atom. The minimum Gasteiger partial charge on any atom is -0.414 e. The van der Waals surface area contributed by atoms with Crippen LogP contribution in [0.5, 0.6) is 0 Å². The molecule has 0 aliphatic heterocycles. The van der Waals surface area contributed by atoms with Crippen molar-refractivity contribution in [2.24, 2.45) is 34.5 Å². The Morgan fingerprint density at radius 2 is 1.74 bits per heavy atom. The molecule has 3 saturated carbocycles. The number of rotatable bonds is 12. The van der Waals surface area contributed by atoms with Crippen LogP contribution in [-0.4, -0.2) is 61.8 Å². The van der Waals surface area contributed by atoms with Gasteiger partial charge in [-0.3, -0.25) is 0 Å². The highest BCUT2D eigenvalue weighted by atomic mass is 32.2. The van der Waals surface area contributed by atoms with Crippen LogP contribution < -0.4 is 0 Å². The lowest BCUT2D eigenvalue weighted by Gasteiger charge is -2.58. The van der Waals surface area contributed by atoms with Crippen molar-refractivity contribution in [1.29, 1.82) is 0 Å². The van der Waals surface area contributed by atoms with E-state index < -0.39 is 18.2 Å². The molecule has 0 saturated heterocycles. The maximum absolute atomic E-state index is 13.5. The fraction of sp³-hybridized carbons (Fsp3) is 0.737. The molecule has 8 heteroatoms. The van der Waals surface area contributed by atoms with Crippen LogP contribution in [0.2, 0.25) is 18.1 Å². The second kappa shape index (κ2) is 13.5. The van der Waals surface area contributed by atoms with Gasteiger partial charge in [0.2, 0.25) is 0 Å². The smallest absolute Gasteiger partial charge is 0.192 e. The van der Waals surface area contributed by atoms with Crippen molar-refractivity contribution in [3.63, 3.8) is 0 Å². The third-order valence-electron chi connectivity index (χ3n) is 12.9. The lowest BCUT2D eigenvalue weighted by Crippen LogP contribution is -2.54. The summed E-state index contributed by atoms with van der Waals surface area (Å²) in [6.45, 7) is 20.0. The van der Waals surface area contributed by atoms with Crippen LogP contribution in [0.1, 0.15) is 80.1 Å². The minimum atomic E-state index is -3.37. The number of hydrogen-bond donors (Lipinski definition) is 0. The normalized spacial score (nSPS) is 33.8. The first kappa shape index (κ1) is 36.0. The van der Waals surface area contributed by atoms with Gasteiger partial charge in [0.1, 0.15) is 6.79 Å². The van der Waals surface area contributed by atoms with Crippen LogP contribution >= 0.6 is 0 Å². The summed E-state index contributed by atoms with van der Waals surface area (Å²) in [7, 11) is -3.56. The molecule has 46 heavy (non-hydrogen) atoms. The van der Waals surface area contributed by atoms with Gasteiger partial charge in [-0.2, -0.15) is 0 Å². The Kier molecular flexibility index (Phi) is 10.6. The molecule has 6 nitrogen and oxygen atoms in total. The molecule has 4 aliphatic carbocycles. The van der Waals surface area contributed by atoms with E-state index in [0.29, 0.717) is 29.9 Å². The van der Waals surface area contributed by atoms with E-state index in [1.54, 1.807) is 19.2 Å². The van der Waals surface area contributed by atoms with Crippen molar-refractivity contribution in [2.75, 3.05) is 32.9 Å². The number of methoxy groups -OCH3 is 1. The van der Waals surface area contributed by atoms with Gasteiger partial charge in [0.25, 0.3) is 0 Å². The molecular weight excluding hydrogens is 613 g/mol. The quantitative estimate of drug-likeness (QED) is 0.126. The SMILES string of the molecule is COCCOCO[C@@H]1C[C@]2(C)[C@@H]([C@H](C)CS(=O)(=O)c3ccccc3)CC[C@H]2C2=CC=C3C[C@@H](O[Si](C)(C)C(C)(C)C)CC[C@]3(C)[C@H]21. The number of allylic oxidation sites excluding steroid dienone is 2. The fourth-order valence-electron chi connectivity index (χ4n) is 9.40. The number of ether oxygens (including phenoxy) is 3. The molecule has 0 unspecified atom stereocenters. The molecule has 0 heterocycles. The molecule has 0 radical (unpaired) electrons. The standard InChI is InChI=1S/C38H60O6SSi/c1-27(25-45(39,40)30-13-11-10-12-14-30)32-17-18-33-31-16-15-28-23-29(44-46(8,9)36(2,3)4)19-20-37(28,5)35(31)34(24-38(32,33)6)43-26-42-22-21-41-7/h10-16,27,29,32-35H,17-26H2,1-9H3/t27-,29+,32-,33+,34-,35-,37+,38-/m1/s1. The molecular formula is C38H60O6SSi. The molecule has 4 aliphatic rings. The molecule has 5 rings (SSSR count). The van der Waals surface area contributed by atoms with Gasteiger partial charge in [0, 0.05) is 19.1 Å². The van der Waals surface area contributed by atoms with Crippen LogP contribution in [0.25, 0.3) is 0 Å². The maximum atomic E-state index is 13.5. The molecule has 258 valence electrons. The number of hydrogen-bond acceptors (Lipinski definition) is 6. The predicted molar refractivity (Wildman–Crippen MR) is 188 cm³/mol. The highest BCUT2D eigenvalue weighted by Crippen LogP contribution is 2.66. The van der Waals surface area contributed by atoms with Crippen LogP contribution in [0.3, 0.4) is 0 Å². The zero-order valence-corrected chi connectivity index (χ0v) is 31.8. The summed E-state index contributed by atoms with van der Waals surface area (Å²) >= 11 is 0. The number of benzene rings is 1. The molecule has 1 aromatic rings. The van der Waals surface area contributed by atoms with Gasteiger partial charge in [-0.05, 0) is 97.4 Å². The van der Waals surface area contributed by atoms with E-state index in [-0.39, 0.29) is 52.5 Å². The number of sulfone groups is 1. The molecule has 0 N–H and O–H groups in total. The summed E-state index contributed by atoms with van der Waals surface area (Å²) < 4.78 is 51.7. The summed E-state index contributed by atoms with van der Waals surface area (Å²) in [5.41, 5.74) is 2.99. The second-order valence-corrected chi connectivity index (χ2v) is 23.5. The van der Waals surface area contributed by atoms with Crippen molar-refractivity contribution in [3.8, 4) is 0 Å². The Hall–Kier alpha value is -1.29. The average Bonchev–Trinajstić information content (AvgIpc) is 3.33. The first-order chi connectivity index (χ1) is 21.5. The largest absolute Gasteiger partial charge is 0.414 e. The Morgan fingerprint density at radius 1 is 1.02 bits per heavy atom. The molecule has 0 aromatic heterocycles. The van der Waals surface area contributed by atoms with Crippen molar-refractivity contribution >= 4 is 18.2 Å². The van der Waals surface area contributed by atoms with Gasteiger partial charge in [-0.1, -0.05) is 83.0 Å². The molecule has 0 bridgehead atoms. The molecule has 0 amide bonds. The minimum absolute atomic E-state index is 0.000125. The first-order valence-electron chi connectivity index (χ1n) is 17.6. The van der Waals surface area contributed by atoms with E-state index in [0.717, 1.165) is 38.5 Å². The van der Waals surface area contributed by atoms with Gasteiger partial charge >= 0.3 is 0 Å². The topological polar surface area (TPSA) is 71.1 Å². The highest BCUT2D eigenvalue weighted by molar-refractivity contribution is 7.91. The van der Waals surface area contributed by atoms with Gasteiger partial charge in [-0.15, -0.1) is 0 Å². The lowest BCUT2D eigenvalue weighted by molar-refractivity contribution is -0.151. The lowest BCUT2D eigenvalue weighted by atomic mass is 9.49.